The summed E-state index contributed by atoms with van der Waals surface area (Å²) in [6, 6.07) is 6.03. The van der Waals surface area contributed by atoms with Crippen molar-refractivity contribution in [3.05, 3.63) is 28.2 Å². The van der Waals surface area contributed by atoms with Crippen LogP contribution in [-0.2, 0) is 11.3 Å². The van der Waals surface area contributed by atoms with Crippen molar-refractivity contribution in [1.29, 1.82) is 0 Å². The lowest BCUT2D eigenvalue weighted by atomic mass is 10.1. The van der Waals surface area contributed by atoms with Crippen LogP contribution in [0.2, 0.25) is 0 Å². The Morgan fingerprint density at radius 3 is 2.56 bits per heavy atom. The highest BCUT2D eigenvalue weighted by Crippen LogP contribution is 2.23. The second-order valence-electron chi connectivity index (χ2n) is 5.20. The van der Waals surface area contributed by atoms with Gasteiger partial charge in [0.15, 0.2) is 0 Å². The maximum atomic E-state index is 5.60. The number of ether oxygens (including phenoxy) is 2. The second-order valence-corrected chi connectivity index (χ2v) is 6.05. The predicted molar refractivity (Wildman–Crippen MR) is 78.1 cm³/mol. The van der Waals surface area contributed by atoms with Gasteiger partial charge in [-0.15, -0.1) is 0 Å². The standard InChI is InChI=1S/C14H22BrNO2/c1-14(2,3)16-10-11-9-12(5-6-13(11)15)18-8-7-17-4/h5-6,9,16H,7-8,10H2,1-4H3. The Bertz CT molecular complexity index is 375. The summed E-state index contributed by atoms with van der Waals surface area (Å²) in [6.07, 6.45) is 0. The van der Waals surface area contributed by atoms with Crippen molar-refractivity contribution >= 4 is 15.9 Å². The molecule has 0 amide bonds. The van der Waals surface area contributed by atoms with Gasteiger partial charge in [0.25, 0.3) is 0 Å². The van der Waals surface area contributed by atoms with Gasteiger partial charge in [-0.05, 0) is 44.5 Å². The SMILES string of the molecule is COCCOc1ccc(Br)c(CNC(C)(C)C)c1. The third kappa shape index (κ3) is 5.85. The van der Waals surface area contributed by atoms with E-state index >= 15 is 0 Å². The normalized spacial score (nSPS) is 11.6. The summed E-state index contributed by atoms with van der Waals surface area (Å²) in [4.78, 5) is 0. The van der Waals surface area contributed by atoms with E-state index in [-0.39, 0.29) is 5.54 Å². The molecule has 0 aromatic heterocycles. The van der Waals surface area contributed by atoms with Gasteiger partial charge in [0.1, 0.15) is 12.4 Å². The molecule has 3 nitrogen and oxygen atoms in total. The minimum absolute atomic E-state index is 0.104. The van der Waals surface area contributed by atoms with Crippen molar-refractivity contribution in [1.82, 2.24) is 5.32 Å². The summed E-state index contributed by atoms with van der Waals surface area (Å²) in [7, 11) is 1.67. The molecule has 0 aliphatic carbocycles. The molecule has 4 heteroatoms. The lowest BCUT2D eigenvalue weighted by Crippen LogP contribution is -2.35. The number of hydrogen-bond donors (Lipinski definition) is 1. The van der Waals surface area contributed by atoms with Crippen molar-refractivity contribution in [3.8, 4) is 5.75 Å². The molecule has 0 saturated carbocycles. The molecule has 1 N–H and O–H groups in total. The average molecular weight is 316 g/mol. The lowest BCUT2D eigenvalue weighted by molar-refractivity contribution is 0.146. The first-order chi connectivity index (χ1) is 8.42. The highest BCUT2D eigenvalue weighted by molar-refractivity contribution is 9.10. The van der Waals surface area contributed by atoms with Crippen molar-refractivity contribution in [3.63, 3.8) is 0 Å². The summed E-state index contributed by atoms with van der Waals surface area (Å²) < 4.78 is 11.7. The van der Waals surface area contributed by atoms with E-state index in [4.69, 9.17) is 9.47 Å². The first-order valence-corrected chi connectivity index (χ1v) is 6.87. The van der Waals surface area contributed by atoms with Gasteiger partial charge < -0.3 is 14.8 Å². The van der Waals surface area contributed by atoms with Crippen LogP contribution in [0.3, 0.4) is 0 Å². The highest BCUT2D eigenvalue weighted by atomic mass is 79.9. The molecule has 0 fully saturated rings. The highest BCUT2D eigenvalue weighted by Gasteiger charge is 2.10. The van der Waals surface area contributed by atoms with Crippen LogP contribution in [0, 0.1) is 0 Å². The molecule has 0 atom stereocenters. The quantitative estimate of drug-likeness (QED) is 0.816. The maximum Gasteiger partial charge on any atom is 0.119 e. The van der Waals surface area contributed by atoms with Crippen LogP contribution in [0.4, 0.5) is 0 Å². The third-order valence-electron chi connectivity index (χ3n) is 2.38. The van der Waals surface area contributed by atoms with Gasteiger partial charge in [0, 0.05) is 23.7 Å². The van der Waals surface area contributed by atoms with Crippen molar-refractivity contribution in [2.45, 2.75) is 32.9 Å². The van der Waals surface area contributed by atoms with Gasteiger partial charge >= 0.3 is 0 Å². The number of rotatable bonds is 6. The van der Waals surface area contributed by atoms with Gasteiger partial charge in [-0.2, -0.15) is 0 Å². The van der Waals surface area contributed by atoms with E-state index in [0.717, 1.165) is 16.8 Å². The Kier molecular flexibility index (Phi) is 6.12. The van der Waals surface area contributed by atoms with E-state index in [1.54, 1.807) is 7.11 Å². The molecular weight excluding hydrogens is 294 g/mol. The van der Waals surface area contributed by atoms with E-state index in [0.29, 0.717) is 13.2 Å². The summed E-state index contributed by atoms with van der Waals surface area (Å²) in [5, 5.41) is 3.46. The molecular formula is C14H22BrNO2. The molecule has 1 rings (SSSR count). The Balaban J connectivity index is 2.63. The van der Waals surface area contributed by atoms with E-state index < -0.39 is 0 Å². The molecule has 18 heavy (non-hydrogen) atoms. The smallest absolute Gasteiger partial charge is 0.119 e. The fourth-order valence-corrected chi connectivity index (χ4v) is 1.77. The van der Waals surface area contributed by atoms with Gasteiger partial charge in [0.2, 0.25) is 0 Å². The van der Waals surface area contributed by atoms with E-state index in [2.05, 4.69) is 48.1 Å². The predicted octanol–water partition coefficient (Wildman–Crippen LogP) is 3.36. The summed E-state index contributed by atoms with van der Waals surface area (Å²) >= 11 is 3.56. The number of halogens is 1. The van der Waals surface area contributed by atoms with Crippen LogP contribution in [-0.4, -0.2) is 25.9 Å². The summed E-state index contributed by atoms with van der Waals surface area (Å²) in [5.41, 5.74) is 1.30. The Morgan fingerprint density at radius 1 is 1.22 bits per heavy atom. The molecule has 0 heterocycles. The number of benzene rings is 1. The van der Waals surface area contributed by atoms with Gasteiger partial charge in [-0.25, -0.2) is 0 Å². The Morgan fingerprint density at radius 2 is 1.94 bits per heavy atom. The molecule has 1 aromatic carbocycles. The first-order valence-electron chi connectivity index (χ1n) is 6.07. The molecule has 102 valence electrons. The lowest BCUT2D eigenvalue weighted by Gasteiger charge is -2.21. The Hall–Kier alpha value is -0.580. The maximum absolute atomic E-state index is 5.60. The second kappa shape index (κ2) is 7.12. The summed E-state index contributed by atoms with van der Waals surface area (Å²) in [5.74, 6) is 0.876. The molecule has 0 spiro atoms. The third-order valence-corrected chi connectivity index (χ3v) is 3.16. The largest absolute Gasteiger partial charge is 0.491 e. The molecule has 1 aromatic rings. The van der Waals surface area contributed by atoms with Crippen LogP contribution < -0.4 is 10.1 Å². The fraction of sp³-hybridized carbons (Fsp3) is 0.571. The fourth-order valence-electron chi connectivity index (χ4n) is 1.38. The summed E-state index contributed by atoms with van der Waals surface area (Å²) in [6.45, 7) is 8.45. The van der Waals surface area contributed by atoms with Gasteiger partial charge in [-0.1, -0.05) is 15.9 Å². The van der Waals surface area contributed by atoms with Crippen molar-refractivity contribution < 1.29 is 9.47 Å². The minimum Gasteiger partial charge on any atom is -0.491 e. The van der Waals surface area contributed by atoms with E-state index in [1.165, 1.54) is 5.56 Å². The van der Waals surface area contributed by atoms with Crippen LogP contribution >= 0.6 is 15.9 Å². The number of hydrogen-bond acceptors (Lipinski definition) is 3. The minimum atomic E-state index is 0.104. The molecule has 0 bridgehead atoms. The number of methoxy groups -OCH3 is 1. The average Bonchev–Trinajstić information content (AvgIpc) is 2.29. The molecule has 0 saturated heterocycles. The molecule has 0 radical (unpaired) electrons. The van der Waals surface area contributed by atoms with Crippen LogP contribution in [0.1, 0.15) is 26.3 Å². The zero-order valence-corrected chi connectivity index (χ0v) is 13.1. The number of nitrogens with one attached hydrogen (secondary N) is 1. The zero-order valence-electron chi connectivity index (χ0n) is 11.5. The van der Waals surface area contributed by atoms with E-state index in [9.17, 15) is 0 Å². The van der Waals surface area contributed by atoms with Crippen molar-refractivity contribution in [2.24, 2.45) is 0 Å². The molecule has 0 aliphatic rings. The van der Waals surface area contributed by atoms with Crippen molar-refractivity contribution in [2.75, 3.05) is 20.3 Å². The van der Waals surface area contributed by atoms with Crippen LogP contribution in [0.25, 0.3) is 0 Å². The van der Waals surface area contributed by atoms with Gasteiger partial charge in [0.05, 0.1) is 6.61 Å². The van der Waals surface area contributed by atoms with Crippen LogP contribution in [0.5, 0.6) is 5.75 Å². The van der Waals surface area contributed by atoms with E-state index in [1.807, 2.05) is 12.1 Å². The van der Waals surface area contributed by atoms with Gasteiger partial charge in [-0.3, -0.25) is 0 Å². The first kappa shape index (κ1) is 15.5. The Labute approximate surface area is 118 Å². The van der Waals surface area contributed by atoms with Crippen LogP contribution in [0.15, 0.2) is 22.7 Å². The zero-order chi connectivity index (χ0) is 13.6. The molecule has 0 aliphatic heterocycles. The monoisotopic (exact) mass is 315 g/mol. The topological polar surface area (TPSA) is 30.5 Å². The molecule has 0 unspecified atom stereocenters.